The topological polar surface area (TPSA) is 29.5 Å². The minimum Gasteiger partial charge on any atom is -0.443 e. The molecule has 0 bridgehead atoms. The molecular weight excluding hydrogens is 391 g/mol. The van der Waals surface area contributed by atoms with Gasteiger partial charge in [-0.25, -0.2) is 4.79 Å². The monoisotopic (exact) mass is 413 g/mol. The molecule has 0 unspecified atom stereocenters. The Morgan fingerprint density at radius 1 is 0.967 bits per heavy atom. The first-order valence-corrected chi connectivity index (χ1v) is 9.39. The molecule has 1 amide bonds. The summed E-state index contributed by atoms with van der Waals surface area (Å²) in [4.78, 5) is 13.4. The molecule has 0 N–H and O–H groups in total. The van der Waals surface area contributed by atoms with E-state index in [9.17, 15) is 18.0 Å². The second-order valence-corrected chi connectivity index (χ2v) is 7.83. The van der Waals surface area contributed by atoms with E-state index in [1.807, 2.05) is 0 Å². The van der Waals surface area contributed by atoms with Crippen molar-refractivity contribution in [1.82, 2.24) is 4.90 Å². The van der Waals surface area contributed by atoms with E-state index in [0.29, 0.717) is 11.1 Å². The van der Waals surface area contributed by atoms with Crippen LogP contribution in [0.3, 0.4) is 0 Å². The molecule has 30 heavy (non-hydrogen) atoms. The number of nitrogens with zero attached hydrogens (tertiary/aromatic N) is 1. The second kappa shape index (κ2) is 8.22. The van der Waals surface area contributed by atoms with Crippen molar-refractivity contribution in [3.63, 3.8) is 0 Å². The van der Waals surface area contributed by atoms with Crippen molar-refractivity contribution in [2.24, 2.45) is 0 Å². The summed E-state index contributed by atoms with van der Waals surface area (Å²) in [6, 6.07) is 12.5. The van der Waals surface area contributed by atoms with E-state index < -0.39 is 23.4 Å². The van der Waals surface area contributed by atoms with Crippen LogP contribution in [0.25, 0.3) is 17.2 Å². The highest BCUT2D eigenvalue weighted by Gasteiger charge is 2.33. The zero-order valence-electron chi connectivity index (χ0n) is 16.9. The minimum atomic E-state index is -4.45. The van der Waals surface area contributed by atoms with Crippen LogP contribution in [0.4, 0.5) is 18.0 Å². The lowest BCUT2D eigenvalue weighted by Gasteiger charge is -2.24. The van der Waals surface area contributed by atoms with Gasteiger partial charge in [0.2, 0.25) is 0 Å². The van der Waals surface area contributed by atoms with Crippen LogP contribution < -0.4 is 0 Å². The van der Waals surface area contributed by atoms with Crippen molar-refractivity contribution in [1.29, 1.82) is 0 Å². The Morgan fingerprint density at radius 3 is 2.17 bits per heavy atom. The van der Waals surface area contributed by atoms with Gasteiger partial charge in [-0.05, 0) is 73.4 Å². The lowest BCUT2D eigenvalue weighted by Crippen LogP contribution is -2.31. The fourth-order valence-corrected chi connectivity index (χ4v) is 2.92. The van der Waals surface area contributed by atoms with Crippen LogP contribution in [0.2, 0.25) is 0 Å². The summed E-state index contributed by atoms with van der Waals surface area (Å²) in [5.74, 6) is 0. The Hall–Kier alpha value is -3.28. The molecule has 0 spiro atoms. The average Bonchev–Trinajstić information content (AvgIpc) is 2.67. The normalized spacial score (nSPS) is 14.1. The Balaban J connectivity index is 1.88. The molecule has 156 valence electrons. The van der Waals surface area contributed by atoms with E-state index in [1.165, 1.54) is 17.0 Å². The average molecular weight is 413 g/mol. The molecule has 6 heteroatoms. The van der Waals surface area contributed by atoms with E-state index in [-0.39, 0.29) is 5.56 Å². The number of rotatable bonds is 2. The molecule has 0 aromatic heterocycles. The van der Waals surface area contributed by atoms with Gasteiger partial charge in [0.25, 0.3) is 0 Å². The molecule has 0 aliphatic carbocycles. The third kappa shape index (κ3) is 5.41. The van der Waals surface area contributed by atoms with Crippen LogP contribution in [-0.4, -0.2) is 16.6 Å². The van der Waals surface area contributed by atoms with Gasteiger partial charge >= 0.3 is 12.3 Å². The van der Waals surface area contributed by atoms with Crippen LogP contribution in [-0.2, 0) is 10.9 Å². The molecule has 1 heterocycles. The summed E-state index contributed by atoms with van der Waals surface area (Å²) in [6.45, 7) is 5.34. The van der Waals surface area contributed by atoms with Crippen molar-refractivity contribution >= 4 is 12.2 Å². The Labute approximate surface area is 173 Å². The van der Waals surface area contributed by atoms with Crippen molar-refractivity contribution in [2.75, 3.05) is 0 Å². The van der Waals surface area contributed by atoms with Gasteiger partial charge < -0.3 is 4.74 Å². The van der Waals surface area contributed by atoms with Gasteiger partial charge in [-0.3, -0.25) is 4.90 Å². The Bertz CT molecular complexity index is 997. The first-order valence-electron chi connectivity index (χ1n) is 9.39. The maximum atomic E-state index is 13.5. The number of allylic oxidation sites excluding steroid dienone is 3. The first-order chi connectivity index (χ1) is 14.0. The first kappa shape index (κ1) is 21.4. The number of hydrogen-bond acceptors (Lipinski definition) is 2. The third-order valence-electron chi connectivity index (χ3n) is 4.23. The zero-order chi connectivity index (χ0) is 21.9. The molecule has 1 aliphatic rings. The molecule has 0 saturated carbocycles. The third-order valence-corrected chi connectivity index (χ3v) is 4.23. The zero-order valence-corrected chi connectivity index (χ0v) is 16.9. The van der Waals surface area contributed by atoms with Crippen molar-refractivity contribution in [3.8, 4) is 11.1 Å². The maximum Gasteiger partial charge on any atom is 0.418 e. The van der Waals surface area contributed by atoms with Crippen LogP contribution in [0.1, 0.15) is 31.9 Å². The molecule has 1 aliphatic heterocycles. The summed E-state index contributed by atoms with van der Waals surface area (Å²) in [5.41, 5.74) is 0.697. The molecule has 3 nitrogen and oxygen atoms in total. The molecule has 0 radical (unpaired) electrons. The summed E-state index contributed by atoms with van der Waals surface area (Å²) < 4.78 is 45.7. The molecule has 0 atom stereocenters. The number of benzene rings is 2. The summed E-state index contributed by atoms with van der Waals surface area (Å²) in [7, 11) is 0. The Kier molecular flexibility index (Phi) is 5.87. The largest absolute Gasteiger partial charge is 0.443 e. The van der Waals surface area contributed by atoms with Crippen molar-refractivity contribution < 1.29 is 22.7 Å². The van der Waals surface area contributed by atoms with Gasteiger partial charge in [0.05, 0.1) is 5.56 Å². The van der Waals surface area contributed by atoms with E-state index >= 15 is 0 Å². The fraction of sp³-hybridized carbons (Fsp3) is 0.208. The number of alkyl halides is 3. The smallest absolute Gasteiger partial charge is 0.418 e. The van der Waals surface area contributed by atoms with Crippen molar-refractivity contribution in [3.05, 3.63) is 89.8 Å². The van der Waals surface area contributed by atoms with Gasteiger partial charge in [-0.2, -0.15) is 13.2 Å². The molecular formula is C24H22F3NO2. The lowest BCUT2D eigenvalue weighted by atomic mass is 9.96. The predicted octanol–water partition coefficient (Wildman–Crippen LogP) is 7.03. The van der Waals surface area contributed by atoms with E-state index in [1.54, 1.807) is 81.7 Å². The number of carbonyl (C=O) groups is 1. The Morgan fingerprint density at radius 2 is 1.60 bits per heavy atom. The number of carbonyl (C=O) groups excluding carboxylic acids is 1. The summed E-state index contributed by atoms with van der Waals surface area (Å²) in [6.07, 6.45) is 3.31. The molecule has 2 aromatic carbocycles. The van der Waals surface area contributed by atoms with Crippen LogP contribution in [0.15, 0.2) is 78.7 Å². The number of ether oxygens (including phenoxy) is 1. The maximum absolute atomic E-state index is 13.5. The highest BCUT2D eigenvalue weighted by Crippen LogP contribution is 2.38. The van der Waals surface area contributed by atoms with Gasteiger partial charge in [-0.15, -0.1) is 0 Å². The van der Waals surface area contributed by atoms with E-state index in [2.05, 4.69) is 0 Å². The van der Waals surface area contributed by atoms with Gasteiger partial charge in [-0.1, -0.05) is 36.4 Å². The lowest BCUT2D eigenvalue weighted by molar-refractivity contribution is -0.137. The second-order valence-electron chi connectivity index (χ2n) is 7.83. The van der Waals surface area contributed by atoms with E-state index in [4.69, 9.17) is 4.74 Å². The predicted molar refractivity (Wildman–Crippen MR) is 111 cm³/mol. The van der Waals surface area contributed by atoms with Gasteiger partial charge in [0.15, 0.2) is 0 Å². The molecule has 0 fully saturated rings. The van der Waals surface area contributed by atoms with Gasteiger partial charge in [0, 0.05) is 12.4 Å². The SMILES string of the molecule is CC(C)(C)OC(=O)N1C=CC(=Cc2ccc(C(F)(F)F)c(-c3ccccc3)c2)C=C1. The van der Waals surface area contributed by atoms with Crippen molar-refractivity contribution in [2.45, 2.75) is 32.5 Å². The van der Waals surface area contributed by atoms with E-state index in [0.717, 1.165) is 11.6 Å². The standard InChI is InChI=1S/C24H22F3NO2/c1-23(2,3)30-22(29)28-13-11-17(12-14-28)15-18-9-10-21(24(25,26)27)20(16-18)19-7-5-4-6-8-19/h4-16H,1-3H3. The highest BCUT2D eigenvalue weighted by atomic mass is 19.4. The number of hydrogen-bond donors (Lipinski definition) is 0. The summed E-state index contributed by atoms with van der Waals surface area (Å²) in [5, 5.41) is 0. The fourth-order valence-electron chi connectivity index (χ4n) is 2.92. The molecule has 0 saturated heterocycles. The molecule has 3 rings (SSSR count). The summed E-state index contributed by atoms with van der Waals surface area (Å²) >= 11 is 0. The number of halogens is 3. The van der Waals surface area contributed by atoms with Crippen LogP contribution in [0, 0.1) is 0 Å². The van der Waals surface area contributed by atoms with Crippen LogP contribution in [0.5, 0.6) is 0 Å². The number of amides is 1. The highest BCUT2D eigenvalue weighted by molar-refractivity contribution is 5.75. The van der Waals surface area contributed by atoms with Gasteiger partial charge in [0.1, 0.15) is 5.60 Å². The minimum absolute atomic E-state index is 0.122. The quantitative estimate of drug-likeness (QED) is 0.529. The molecule has 2 aromatic rings. The van der Waals surface area contributed by atoms with Crippen LogP contribution >= 0.6 is 0 Å².